The molecule has 0 aromatic heterocycles. The molecule has 1 aliphatic heterocycles. The molecule has 2 N–H and O–H groups in total. The largest absolute Gasteiger partial charge is 0.393 e. The third-order valence-corrected chi connectivity index (χ3v) is 4.46. The number of nitriles is 2. The van der Waals surface area contributed by atoms with Gasteiger partial charge in [-0.1, -0.05) is 0 Å². The number of amides is 1. The van der Waals surface area contributed by atoms with E-state index >= 15 is 0 Å². The lowest BCUT2D eigenvalue weighted by Crippen LogP contribution is -2.36. The monoisotopic (exact) mass is 346 g/mol. The van der Waals surface area contributed by atoms with Gasteiger partial charge in [0.2, 0.25) is 0 Å². The van der Waals surface area contributed by atoms with Gasteiger partial charge in [0.05, 0.1) is 29.0 Å². The molecule has 1 heterocycles. The molecule has 0 spiro atoms. The molecule has 2 aromatic carbocycles. The number of hydrogen-bond acceptors (Lipinski definition) is 5. The van der Waals surface area contributed by atoms with Gasteiger partial charge in [-0.15, -0.1) is 0 Å². The summed E-state index contributed by atoms with van der Waals surface area (Å²) in [6.07, 6.45) is 1.09. The fourth-order valence-electron chi connectivity index (χ4n) is 2.99. The second-order valence-electron chi connectivity index (χ2n) is 6.21. The van der Waals surface area contributed by atoms with Crippen molar-refractivity contribution in [3.05, 3.63) is 59.2 Å². The van der Waals surface area contributed by atoms with Crippen molar-refractivity contribution in [3.8, 4) is 12.1 Å². The number of carbonyl (C=O) groups is 1. The molecule has 130 valence electrons. The van der Waals surface area contributed by atoms with Crippen LogP contribution in [-0.2, 0) is 0 Å². The normalized spacial score (nSPS) is 14.3. The first-order valence-corrected chi connectivity index (χ1v) is 8.39. The number of nitrogens with zero attached hydrogens (tertiary/aromatic N) is 3. The molecule has 0 aliphatic carbocycles. The molecular formula is C20H18N4O2. The van der Waals surface area contributed by atoms with Crippen molar-refractivity contribution >= 4 is 17.3 Å². The molecule has 0 unspecified atom stereocenters. The quantitative estimate of drug-likeness (QED) is 0.890. The van der Waals surface area contributed by atoms with E-state index in [0.717, 1.165) is 5.69 Å². The van der Waals surface area contributed by atoms with Gasteiger partial charge in [0.15, 0.2) is 0 Å². The number of nitrogens with one attached hydrogen (secondary N) is 1. The summed E-state index contributed by atoms with van der Waals surface area (Å²) in [5.74, 6) is -0.299. The Hall–Kier alpha value is -3.35. The summed E-state index contributed by atoms with van der Waals surface area (Å²) in [5.41, 5.74) is 2.77. The van der Waals surface area contributed by atoms with Crippen LogP contribution < -0.4 is 10.2 Å². The number of hydrogen-bond donors (Lipinski definition) is 2. The van der Waals surface area contributed by atoms with Gasteiger partial charge in [-0.25, -0.2) is 0 Å². The van der Waals surface area contributed by atoms with Crippen molar-refractivity contribution in [3.63, 3.8) is 0 Å². The number of aliphatic hydroxyl groups excluding tert-OH is 1. The molecule has 2 aromatic rings. The highest BCUT2D eigenvalue weighted by Crippen LogP contribution is 2.27. The lowest BCUT2D eigenvalue weighted by molar-refractivity contribution is 0.102. The number of piperidine rings is 1. The summed E-state index contributed by atoms with van der Waals surface area (Å²) >= 11 is 0. The van der Waals surface area contributed by atoms with Gasteiger partial charge in [0.1, 0.15) is 6.07 Å². The molecular weight excluding hydrogens is 328 g/mol. The Bertz CT molecular complexity index is 886. The van der Waals surface area contributed by atoms with E-state index in [9.17, 15) is 15.2 Å². The van der Waals surface area contributed by atoms with E-state index in [1.807, 2.05) is 12.1 Å². The third kappa shape index (κ3) is 3.83. The Morgan fingerprint density at radius 2 is 1.77 bits per heavy atom. The van der Waals surface area contributed by atoms with Crippen molar-refractivity contribution in [2.75, 3.05) is 23.3 Å². The summed E-state index contributed by atoms with van der Waals surface area (Å²) < 4.78 is 0. The summed E-state index contributed by atoms with van der Waals surface area (Å²) in [5, 5.41) is 30.7. The first kappa shape index (κ1) is 17.5. The Balaban J connectivity index is 1.75. The molecule has 1 saturated heterocycles. The van der Waals surface area contributed by atoms with E-state index in [1.165, 1.54) is 0 Å². The van der Waals surface area contributed by atoms with Crippen LogP contribution >= 0.6 is 0 Å². The molecule has 1 aliphatic rings. The SMILES string of the molecule is N#Cc1ccc(C(=O)Nc2ccc(N3CCC(O)CC3)c(C#N)c2)cc1. The van der Waals surface area contributed by atoms with Crippen LogP contribution in [0.5, 0.6) is 0 Å². The Labute approximate surface area is 151 Å². The average molecular weight is 346 g/mol. The lowest BCUT2D eigenvalue weighted by Gasteiger charge is -2.32. The molecule has 0 atom stereocenters. The average Bonchev–Trinajstić information content (AvgIpc) is 2.68. The predicted molar refractivity (Wildman–Crippen MR) is 97.7 cm³/mol. The van der Waals surface area contributed by atoms with Gasteiger partial charge in [-0.3, -0.25) is 4.79 Å². The summed E-state index contributed by atoms with van der Waals surface area (Å²) in [6.45, 7) is 1.40. The first-order valence-electron chi connectivity index (χ1n) is 8.39. The summed E-state index contributed by atoms with van der Waals surface area (Å²) in [6, 6.07) is 15.8. The van der Waals surface area contributed by atoms with Crippen molar-refractivity contribution < 1.29 is 9.90 Å². The van der Waals surface area contributed by atoms with E-state index < -0.39 is 0 Å². The molecule has 1 fully saturated rings. The fraction of sp³-hybridized carbons (Fsp3) is 0.250. The second-order valence-corrected chi connectivity index (χ2v) is 6.21. The zero-order chi connectivity index (χ0) is 18.5. The summed E-state index contributed by atoms with van der Waals surface area (Å²) in [7, 11) is 0. The maximum atomic E-state index is 12.3. The first-order chi connectivity index (χ1) is 12.6. The zero-order valence-corrected chi connectivity index (χ0v) is 14.1. The Morgan fingerprint density at radius 3 is 2.38 bits per heavy atom. The van der Waals surface area contributed by atoms with Crippen LogP contribution in [0.25, 0.3) is 0 Å². The molecule has 1 amide bonds. The van der Waals surface area contributed by atoms with E-state index in [-0.39, 0.29) is 12.0 Å². The molecule has 0 saturated carbocycles. The topological polar surface area (TPSA) is 100 Å². The van der Waals surface area contributed by atoms with Gasteiger partial charge in [0, 0.05) is 24.3 Å². The molecule has 3 rings (SSSR count). The van der Waals surface area contributed by atoms with Crippen molar-refractivity contribution in [2.24, 2.45) is 0 Å². The number of rotatable bonds is 3. The van der Waals surface area contributed by atoms with Crippen molar-refractivity contribution in [1.29, 1.82) is 10.5 Å². The number of carbonyl (C=O) groups excluding carboxylic acids is 1. The van der Waals surface area contributed by atoms with Crippen LogP contribution in [0.3, 0.4) is 0 Å². The van der Waals surface area contributed by atoms with Gasteiger partial charge in [-0.05, 0) is 55.3 Å². The van der Waals surface area contributed by atoms with Crippen LogP contribution in [-0.4, -0.2) is 30.2 Å². The lowest BCUT2D eigenvalue weighted by atomic mass is 10.0. The van der Waals surface area contributed by atoms with Crippen LogP contribution in [0, 0.1) is 22.7 Å². The second kappa shape index (κ2) is 7.69. The van der Waals surface area contributed by atoms with Gasteiger partial charge >= 0.3 is 0 Å². The third-order valence-electron chi connectivity index (χ3n) is 4.46. The highest BCUT2D eigenvalue weighted by Gasteiger charge is 2.20. The smallest absolute Gasteiger partial charge is 0.255 e. The molecule has 6 heteroatoms. The van der Waals surface area contributed by atoms with Crippen LogP contribution in [0.4, 0.5) is 11.4 Å². The molecule has 0 radical (unpaired) electrons. The van der Waals surface area contributed by atoms with E-state index in [0.29, 0.717) is 48.3 Å². The Morgan fingerprint density at radius 1 is 1.08 bits per heavy atom. The van der Waals surface area contributed by atoms with E-state index in [4.69, 9.17) is 5.26 Å². The Kier molecular flexibility index (Phi) is 5.17. The molecule has 26 heavy (non-hydrogen) atoms. The number of anilines is 2. The van der Waals surface area contributed by atoms with E-state index in [2.05, 4.69) is 16.3 Å². The van der Waals surface area contributed by atoms with Crippen LogP contribution in [0.15, 0.2) is 42.5 Å². The van der Waals surface area contributed by atoms with E-state index in [1.54, 1.807) is 36.4 Å². The minimum atomic E-state index is -0.299. The highest BCUT2D eigenvalue weighted by atomic mass is 16.3. The minimum absolute atomic E-state index is 0.275. The van der Waals surface area contributed by atoms with Crippen molar-refractivity contribution in [2.45, 2.75) is 18.9 Å². The predicted octanol–water partition coefficient (Wildman–Crippen LogP) is 2.64. The highest BCUT2D eigenvalue weighted by molar-refractivity contribution is 6.04. The maximum absolute atomic E-state index is 12.3. The van der Waals surface area contributed by atoms with Crippen LogP contribution in [0.1, 0.15) is 34.3 Å². The summed E-state index contributed by atoms with van der Waals surface area (Å²) in [4.78, 5) is 14.4. The van der Waals surface area contributed by atoms with Gasteiger partial charge in [-0.2, -0.15) is 10.5 Å². The van der Waals surface area contributed by atoms with Gasteiger partial charge in [0.25, 0.3) is 5.91 Å². The zero-order valence-electron chi connectivity index (χ0n) is 14.1. The number of aliphatic hydroxyl groups is 1. The molecule has 0 bridgehead atoms. The minimum Gasteiger partial charge on any atom is -0.393 e. The fourth-order valence-corrected chi connectivity index (χ4v) is 2.99. The number of benzene rings is 2. The maximum Gasteiger partial charge on any atom is 0.255 e. The van der Waals surface area contributed by atoms with Gasteiger partial charge < -0.3 is 15.3 Å². The molecule has 6 nitrogen and oxygen atoms in total. The van der Waals surface area contributed by atoms with Crippen molar-refractivity contribution in [1.82, 2.24) is 0 Å². The standard InChI is InChI=1S/C20H18N4O2/c21-12-14-1-3-15(4-2-14)20(26)23-17-5-6-19(16(11-17)13-22)24-9-7-18(25)8-10-24/h1-6,11,18,25H,7-10H2,(H,23,26). The van der Waals surface area contributed by atoms with Crippen LogP contribution in [0.2, 0.25) is 0 Å².